The molecule has 1 saturated heterocycles. The van der Waals surface area contributed by atoms with Crippen molar-refractivity contribution in [3.8, 4) is 0 Å². The van der Waals surface area contributed by atoms with Gasteiger partial charge in [0.15, 0.2) is 0 Å². The Labute approximate surface area is 107 Å². The third kappa shape index (κ3) is 6.02. The summed E-state index contributed by atoms with van der Waals surface area (Å²) in [7, 11) is 0. The SMILES string of the molecule is CCCNCC(C)N1CCN(CC(F)(F)F)CC1. The number of halogens is 3. The summed E-state index contributed by atoms with van der Waals surface area (Å²) < 4.78 is 36.7. The molecule has 1 rings (SSSR count). The molecule has 0 bridgehead atoms. The summed E-state index contributed by atoms with van der Waals surface area (Å²) in [6.07, 6.45) is -2.97. The van der Waals surface area contributed by atoms with Crippen molar-refractivity contribution in [2.45, 2.75) is 32.5 Å². The van der Waals surface area contributed by atoms with E-state index >= 15 is 0 Å². The fourth-order valence-corrected chi connectivity index (χ4v) is 2.23. The van der Waals surface area contributed by atoms with E-state index in [9.17, 15) is 13.2 Å². The van der Waals surface area contributed by atoms with Crippen LogP contribution in [0.3, 0.4) is 0 Å². The summed E-state index contributed by atoms with van der Waals surface area (Å²) in [5.41, 5.74) is 0. The summed E-state index contributed by atoms with van der Waals surface area (Å²) in [6, 6.07) is 0.393. The number of piperazine rings is 1. The molecule has 1 atom stereocenters. The number of nitrogens with one attached hydrogen (secondary N) is 1. The van der Waals surface area contributed by atoms with Crippen LogP contribution in [0.25, 0.3) is 0 Å². The van der Waals surface area contributed by atoms with Crippen LogP contribution < -0.4 is 5.32 Å². The third-order valence-electron chi connectivity index (χ3n) is 3.30. The second-order valence-electron chi connectivity index (χ2n) is 4.98. The fraction of sp³-hybridized carbons (Fsp3) is 1.00. The molecule has 1 fully saturated rings. The van der Waals surface area contributed by atoms with Crippen LogP contribution in [0.2, 0.25) is 0 Å². The molecule has 108 valence electrons. The van der Waals surface area contributed by atoms with E-state index in [0.717, 1.165) is 32.6 Å². The van der Waals surface area contributed by atoms with Gasteiger partial charge in [-0.1, -0.05) is 6.92 Å². The lowest BCUT2D eigenvalue weighted by molar-refractivity contribution is -0.149. The maximum absolute atomic E-state index is 12.2. The molecule has 0 aliphatic carbocycles. The zero-order chi connectivity index (χ0) is 13.6. The molecule has 1 aliphatic heterocycles. The third-order valence-corrected chi connectivity index (χ3v) is 3.30. The van der Waals surface area contributed by atoms with Crippen LogP contribution in [0.1, 0.15) is 20.3 Å². The van der Waals surface area contributed by atoms with Crippen molar-refractivity contribution in [2.75, 3.05) is 45.8 Å². The van der Waals surface area contributed by atoms with Crippen molar-refractivity contribution in [3.63, 3.8) is 0 Å². The van der Waals surface area contributed by atoms with Crippen LogP contribution in [0.4, 0.5) is 13.2 Å². The maximum atomic E-state index is 12.2. The lowest BCUT2D eigenvalue weighted by atomic mass is 10.2. The van der Waals surface area contributed by atoms with Gasteiger partial charge < -0.3 is 5.32 Å². The molecule has 1 N–H and O–H groups in total. The highest BCUT2D eigenvalue weighted by molar-refractivity contribution is 4.78. The van der Waals surface area contributed by atoms with Crippen molar-refractivity contribution in [3.05, 3.63) is 0 Å². The first-order valence-electron chi connectivity index (χ1n) is 6.66. The van der Waals surface area contributed by atoms with Gasteiger partial charge in [0, 0.05) is 38.8 Å². The zero-order valence-electron chi connectivity index (χ0n) is 11.3. The maximum Gasteiger partial charge on any atom is 0.401 e. The Hall–Kier alpha value is -0.330. The van der Waals surface area contributed by atoms with Gasteiger partial charge in [-0.2, -0.15) is 13.2 Å². The van der Waals surface area contributed by atoms with Crippen molar-refractivity contribution in [1.82, 2.24) is 15.1 Å². The average molecular weight is 267 g/mol. The molecule has 1 heterocycles. The standard InChI is InChI=1S/C12H24F3N3/c1-3-4-16-9-11(2)18-7-5-17(6-8-18)10-12(13,14)15/h11,16H,3-10H2,1-2H3. The average Bonchev–Trinajstić information content (AvgIpc) is 2.28. The molecule has 6 heteroatoms. The Bertz CT molecular complexity index is 225. The number of hydrogen-bond donors (Lipinski definition) is 1. The van der Waals surface area contributed by atoms with E-state index in [1.54, 1.807) is 0 Å². The van der Waals surface area contributed by atoms with Crippen molar-refractivity contribution >= 4 is 0 Å². The lowest BCUT2D eigenvalue weighted by Gasteiger charge is -2.38. The smallest absolute Gasteiger partial charge is 0.315 e. The van der Waals surface area contributed by atoms with Crippen LogP contribution in [0, 0.1) is 0 Å². The van der Waals surface area contributed by atoms with Gasteiger partial charge in [0.2, 0.25) is 0 Å². The zero-order valence-corrected chi connectivity index (χ0v) is 11.3. The first kappa shape index (κ1) is 15.7. The first-order chi connectivity index (χ1) is 8.42. The van der Waals surface area contributed by atoms with E-state index in [2.05, 4.69) is 24.1 Å². The van der Waals surface area contributed by atoms with Gasteiger partial charge >= 0.3 is 6.18 Å². The molecular formula is C12H24F3N3. The largest absolute Gasteiger partial charge is 0.401 e. The fourth-order valence-electron chi connectivity index (χ4n) is 2.23. The van der Waals surface area contributed by atoms with Crippen LogP contribution >= 0.6 is 0 Å². The van der Waals surface area contributed by atoms with E-state index in [0.29, 0.717) is 19.1 Å². The normalized spacial score (nSPS) is 21.2. The van der Waals surface area contributed by atoms with Crippen molar-refractivity contribution < 1.29 is 13.2 Å². The van der Waals surface area contributed by atoms with Gasteiger partial charge in [-0.05, 0) is 19.9 Å². The Morgan fingerprint density at radius 2 is 1.78 bits per heavy atom. The Kier molecular flexibility index (Phi) is 6.38. The van der Waals surface area contributed by atoms with Gasteiger partial charge in [-0.25, -0.2) is 0 Å². The first-order valence-corrected chi connectivity index (χ1v) is 6.66. The highest BCUT2D eigenvalue weighted by Crippen LogP contribution is 2.17. The van der Waals surface area contributed by atoms with Gasteiger partial charge in [0.05, 0.1) is 6.54 Å². The van der Waals surface area contributed by atoms with Gasteiger partial charge in [-0.15, -0.1) is 0 Å². The highest BCUT2D eigenvalue weighted by Gasteiger charge is 2.32. The number of rotatable bonds is 6. The van der Waals surface area contributed by atoms with Crippen LogP contribution in [0.5, 0.6) is 0 Å². The van der Waals surface area contributed by atoms with E-state index in [1.807, 2.05) is 0 Å². The van der Waals surface area contributed by atoms with Crippen molar-refractivity contribution in [1.29, 1.82) is 0 Å². The summed E-state index contributed by atoms with van der Waals surface area (Å²) in [4.78, 5) is 3.75. The second kappa shape index (κ2) is 7.31. The predicted molar refractivity (Wildman–Crippen MR) is 66.7 cm³/mol. The summed E-state index contributed by atoms with van der Waals surface area (Å²) in [5, 5.41) is 3.35. The molecule has 0 spiro atoms. The van der Waals surface area contributed by atoms with E-state index in [1.165, 1.54) is 4.90 Å². The Morgan fingerprint density at radius 3 is 2.28 bits per heavy atom. The van der Waals surface area contributed by atoms with Gasteiger partial charge in [0.1, 0.15) is 0 Å². The highest BCUT2D eigenvalue weighted by atomic mass is 19.4. The molecule has 0 aromatic heterocycles. The molecule has 3 nitrogen and oxygen atoms in total. The number of alkyl halides is 3. The minimum absolute atomic E-state index is 0.393. The molecule has 0 radical (unpaired) electrons. The minimum Gasteiger partial charge on any atom is -0.315 e. The van der Waals surface area contributed by atoms with Gasteiger partial charge in [-0.3, -0.25) is 9.80 Å². The van der Waals surface area contributed by atoms with E-state index in [-0.39, 0.29) is 0 Å². The summed E-state index contributed by atoms with van der Waals surface area (Å²) in [5.74, 6) is 0. The van der Waals surface area contributed by atoms with Crippen LogP contribution in [0.15, 0.2) is 0 Å². The lowest BCUT2D eigenvalue weighted by Crippen LogP contribution is -2.53. The molecule has 0 amide bonds. The van der Waals surface area contributed by atoms with Crippen LogP contribution in [-0.4, -0.2) is 67.8 Å². The molecule has 1 aliphatic rings. The van der Waals surface area contributed by atoms with Gasteiger partial charge in [0.25, 0.3) is 0 Å². The van der Waals surface area contributed by atoms with Crippen LogP contribution in [-0.2, 0) is 0 Å². The molecule has 0 saturated carbocycles. The quantitative estimate of drug-likeness (QED) is 0.737. The van der Waals surface area contributed by atoms with Crippen molar-refractivity contribution in [2.24, 2.45) is 0 Å². The molecule has 1 unspecified atom stereocenters. The topological polar surface area (TPSA) is 18.5 Å². The minimum atomic E-state index is -4.07. The molecule has 0 aromatic carbocycles. The Balaban J connectivity index is 2.22. The van der Waals surface area contributed by atoms with E-state index in [4.69, 9.17) is 0 Å². The Morgan fingerprint density at radius 1 is 1.17 bits per heavy atom. The molecule has 0 aromatic rings. The molecule has 18 heavy (non-hydrogen) atoms. The second-order valence-corrected chi connectivity index (χ2v) is 4.98. The summed E-state index contributed by atoms with van der Waals surface area (Å²) >= 11 is 0. The number of nitrogens with zero attached hydrogens (tertiary/aromatic N) is 2. The van der Waals surface area contributed by atoms with E-state index < -0.39 is 12.7 Å². The molecular weight excluding hydrogens is 243 g/mol. The number of hydrogen-bond acceptors (Lipinski definition) is 3. The summed E-state index contributed by atoms with van der Waals surface area (Å²) in [6.45, 7) is 7.86. The monoisotopic (exact) mass is 267 g/mol. The predicted octanol–water partition coefficient (Wildman–Crippen LogP) is 1.55.